The molecule has 0 bridgehead atoms. The highest BCUT2D eigenvalue weighted by Gasteiger charge is 2.37. The number of carbonyl (C=O) groups is 1. The van der Waals surface area contributed by atoms with Crippen LogP contribution in [-0.2, 0) is 11.3 Å². The van der Waals surface area contributed by atoms with E-state index in [1.54, 1.807) is 0 Å². The van der Waals surface area contributed by atoms with E-state index in [1.807, 2.05) is 27.8 Å². The van der Waals surface area contributed by atoms with Gasteiger partial charge in [0.1, 0.15) is 0 Å². The van der Waals surface area contributed by atoms with Crippen LogP contribution >= 0.6 is 0 Å². The van der Waals surface area contributed by atoms with Crippen molar-refractivity contribution < 1.29 is 4.79 Å². The van der Waals surface area contributed by atoms with Crippen molar-refractivity contribution in [1.82, 2.24) is 25.1 Å². The lowest BCUT2D eigenvalue weighted by Gasteiger charge is -2.28. The fourth-order valence-electron chi connectivity index (χ4n) is 3.85. The number of nitrogens with zero attached hydrogens (tertiary/aromatic N) is 5. The van der Waals surface area contributed by atoms with Crippen molar-refractivity contribution in [2.75, 3.05) is 6.54 Å². The van der Waals surface area contributed by atoms with Crippen LogP contribution in [0.4, 0.5) is 0 Å². The first-order valence-electron chi connectivity index (χ1n) is 8.46. The molecule has 2 aliphatic rings. The van der Waals surface area contributed by atoms with Gasteiger partial charge in [-0.25, -0.2) is 4.68 Å². The maximum atomic E-state index is 13.2. The molecule has 120 valence electrons. The SMILES string of the molecule is O=C(C1CCCCn2nnnc21)N1CCCC1c1ccccc1. The normalized spacial score (nSPS) is 24.3. The first kappa shape index (κ1) is 14.4. The van der Waals surface area contributed by atoms with Gasteiger partial charge in [0.05, 0.1) is 12.0 Å². The number of amides is 1. The molecule has 1 fully saturated rings. The van der Waals surface area contributed by atoms with Gasteiger partial charge in [-0.15, -0.1) is 5.10 Å². The quantitative estimate of drug-likeness (QED) is 0.853. The Morgan fingerprint density at radius 3 is 2.78 bits per heavy atom. The molecule has 3 heterocycles. The molecular formula is C17H21N5O. The Labute approximate surface area is 135 Å². The predicted octanol–water partition coefficient (Wildman–Crippen LogP) is 2.30. The van der Waals surface area contributed by atoms with E-state index in [0.717, 1.165) is 51.0 Å². The summed E-state index contributed by atoms with van der Waals surface area (Å²) in [6, 6.07) is 10.5. The van der Waals surface area contributed by atoms with Crippen LogP contribution in [0.3, 0.4) is 0 Å². The zero-order chi connectivity index (χ0) is 15.6. The molecule has 2 aliphatic heterocycles. The molecule has 4 rings (SSSR count). The minimum Gasteiger partial charge on any atom is -0.335 e. The smallest absolute Gasteiger partial charge is 0.233 e. The third kappa shape index (κ3) is 2.62. The Balaban J connectivity index is 1.61. The molecule has 1 saturated heterocycles. The van der Waals surface area contributed by atoms with E-state index >= 15 is 0 Å². The molecule has 1 aromatic carbocycles. The first-order chi connectivity index (χ1) is 11.3. The van der Waals surface area contributed by atoms with E-state index < -0.39 is 0 Å². The Morgan fingerprint density at radius 1 is 1.04 bits per heavy atom. The Bertz CT molecular complexity index is 683. The monoisotopic (exact) mass is 311 g/mol. The lowest BCUT2D eigenvalue weighted by atomic mass is 9.98. The molecule has 0 aliphatic carbocycles. The van der Waals surface area contributed by atoms with Crippen molar-refractivity contribution >= 4 is 5.91 Å². The third-order valence-electron chi connectivity index (χ3n) is 5.00. The zero-order valence-electron chi connectivity index (χ0n) is 13.1. The number of aryl methyl sites for hydroxylation is 1. The topological polar surface area (TPSA) is 63.9 Å². The summed E-state index contributed by atoms with van der Waals surface area (Å²) in [6.45, 7) is 1.64. The molecule has 1 amide bonds. The zero-order valence-corrected chi connectivity index (χ0v) is 13.1. The first-order valence-corrected chi connectivity index (χ1v) is 8.46. The van der Waals surface area contributed by atoms with Gasteiger partial charge in [0.15, 0.2) is 5.82 Å². The standard InChI is InChI=1S/C17H21N5O/c23-17(14-9-4-5-12-22-16(14)18-19-20-22)21-11-6-10-15(21)13-7-2-1-3-8-13/h1-3,7-8,14-15H,4-6,9-12H2. The number of hydrogen-bond donors (Lipinski definition) is 0. The van der Waals surface area contributed by atoms with Crippen LogP contribution in [0.5, 0.6) is 0 Å². The van der Waals surface area contributed by atoms with Gasteiger partial charge in [0, 0.05) is 13.1 Å². The van der Waals surface area contributed by atoms with Crippen molar-refractivity contribution in [3.8, 4) is 0 Å². The van der Waals surface area contributed by atoms with Gasteiger partial charge in [-0.3, -0.25) is 4.79 Å². The molecule has 0 radical (unpaired) electrons. The van der Waals surface area contributed by atoms with Crippen LogP contribution < -0.4 is 0 Å². The van der Waals surface area contributed by atoms with Gasteiger partial charge in [-0.1, -0.05) is 36.8 Å². The fourth-order valence-corrected chi connectivity index (χ4v) is 3.85. The molecule has 0 saturated carbocycles. The summed E-state index contributed by atoms with van der Waals surface area (Å²) in [4.78, 5) is 15.3. The maximum Gasteiger partial charge on any atom is 0.233 e. The average molecular weight is 311 g/mol. The van der Waals surface area contributed by atoms with Gasteiger partial charge in [0.25, 0.3) is 0 Å². The number of carbonyl (C=O) groups excluding carboxylic acids is 1. The maximum absolute atomic E-state index is 13.2. The van der Waals surface area contributed by atoms with Gasteiger partial charge in [0.2, 0.25) is 5.91 Å². The number of likely N-dealkylation sites (tertiary alicyclic amines) is 1. The summed E-state index contributed by atoms with van der Waals surface area (Å²) in [5, 5.41) is 12.0. The van der Waals surface area contributed by atoms with E-state index in [2.05, 4.69) is 27.7 Å². The second-order valence-electron chi connectivity index (χ2n) is 6.41. The van der Waals surface area contributed by atoms with Gasteiger partial charge >= 0.3 is 0 Å². The number of rotatable bonds is 2. The van der Waals surface area contributed by atoms with Crippen molar-refractivity contribution in [3.05, 3.63) is 41.7 Å². The van der Waals surface area contributed by atoms with Crippen molar-refractivity contribution in [1.29, 1.82) is 0 Å². The van der Waals surface area contributed by atoms with Crippen LogP contribution in [0, 0.1) is 0 Å². The highest BCUT2D eigenvalue weighted by Crippen LogP contribution is 2.36. The highest BCUT2D eigenvalue weighted by atomic mass is 16.2. The van der Waals surface area contributed by atoms with E-state index in [-0.39, 0.29) is 17.9 Å². The van der Waals surface area contributed by atoms with Crippen LogP contribution in [0.1, 0.15) is 55.5 Å². The van der Waals surface area contributed by atoms with E-state index in [0.29, 0.717) is 0 Å². The van der Waals surface area contributed by atoms with E-state index in [9.17, 15) is 4.79 Å². The van der Waals surface area contributed by atoms with Crippen molar-refractivity contribution in [3.63, 3.8) is 0 Å². The van der Waals surface area contributed by atoms with Gasteiger partial charge in [-0.2, -0.15) is 0 Å². The summed E-state index contributed by atoms with van der Waals surface area (Å²) >= 11 is 0. The summed E-state index contributed by atoms with van der Waals surface area (Å²) in [5.41, 5.74) is 1.23. The summed E-state index contributed by atoms with van der Waals surface area (Å²) in [5.74, 6) is 0.734. The number of hydrogen-bond acceptors (Lipinski definition) is 4. The molecule has 6 nitrogen and oxygen atoms in total. The summed E-state index contributed by atoms with van der Waals surface area (Å²) in [6.07, 6.45) is 5.00. The van der Waals surface area contributed by atoms with Crippen molar-refractivity contribution in [2.45, 2.75) is 50.6 Å². The largest absolute Gasteiger partial charge is 0.335 e. The number of fused-ring (bicyclic) bond motifs is 1. The molecule has 2 aromatic rings. The Hall–Kier alpha value is -2.24. The minimum atomic E-state index is -0.197. The van der Waals surface area contributed by atoms with E-state index in [1.165, 1.54) is 5.56 Å². The van der Waals surface area contributed by atoms with Crippen LogP contribution in [0.15, 0.2) is 30.3 Å². The minimum absolute atomic E-state index is 0.189. The lowest BCUT2D eigenvalue weighted by Crippen LogP contribution is -2.35. The van der Waals surface area contributed by atoms with Crippen LogP contribution in [-0.4, -0.2) is 37.6 Å². The predicted molar refractivity (Wildman–Crippen MR) is 84.5 cm³/mol. The Morgan fingerprint density at radius 2 is 1.91 bits per heavy atom. The molecule has 2 unspecified atom stereocenters. The molecule has 23 heavy (non-hydrogen) atoms. The van der Waals surface area contributed by atoms with Crippen LogP contribution in [0.25, 0.3) is 0 Å². The summed E-state index contributed by atoms with van der Waals surface area (Å²) in [7, 11) is 0. The second kappa shape index (κ2) is 6.10. The van der Waals surface area contributed by atoms with Crippen molar-refractivity contribution in [2.24, 2.45) is 0 Å². The van der Waals surface area contributed by atoms with Gasteiger partial charge < -0.3 is 4.90 Å². The highest BCUT2D eigenvalue weighted by molar-refractivity contribution is 5.83. The fraction of sp³-hybridized carbons (Fsp3) is 0.529. The molecule has 0 N–H and O–H groups in total. The molecule has 0 spiro atoms. The molecule has 2 atom stereocenters. The summed E-state index contributed by atoms with van der Waals surface area (Å²) < 4.78 is 1.81. The molecule has 6 heteroatoms. The number of benzene rings is 1. The average Bonchev–Trinajstić information content (AvgIpc) is 3.21. The Kier molecular flexibility index (Phi) is 3.81. The van der Waals surface area contributed by atoms with Crippen LogP contribution in [0.2, 0.25) is 0 Å². The van der Waals surface area contributed by atoms with Gasteiger partial charge in [-0.05, 0) is 41.7 Å². The lowest BCUT2D eigenvalue weighted by molar-refractivity contribution is -0.134. The number of tetrazole rings is 1. The third-order valence-corrected chi connectivity index (χ3v) is 5.00. The molecular weight excluding hydrogens is 290 g/mol. The second-order valence-corrected chi connectivity index (χ2v) is 6.41. The van der Waals surface area contributed by atoms with E-state index in [4.69, 9.17) is 0 Å². The number of aromatic nitrogens is 4. The molecule has 1 aromatic heterocycles.